The highest BCUT2D eigenvalue weighted by Crippen LogP contribution is 2.37. The molecule has 2 aliphatic carbocycles. The van der Waals surface area contributed by atoms with Crippen molar-refractivity contribution in [1.29, 1.82) is 0 Å². The summed E-state index contributed by atoms with van der Waals surface area (Å²) in [4.78, 5) is 27.7. The standard InChI is InChI=1S/C27H30F2N2O2/c28-22-10-3-9-21(17-22)20-8-1-5-18(15-20)16-24-23(30-26(33)27(29)12-4-13-27)11-14-31(24)25(32)19-6-2-7-19/h1,3,5,8-10,15,17,19,23-24H,2,4,6-7,11-14,16H2,(H,30,33)/t23-,24-/m0/s1. The lowest BCUT2D eigenvalue weighted by Gasteiger charge is -2.36. The molecular weight excluding hydrogens is 422 g/mol. The van der Waals surface area contributed by atoms with Crippen molar-refractivity contribution in [1.82, 2.24) is 10.2 Å². The number of nitrogens with zero attached hydrogens (tertiary/aromatic N) is 1. The van der Waals surface area contributed by atoms with E-state index in [1.807, 2.05) is 35.2 Å². The lowest BCUT2D eigenvalue weighted by atomic mass is 9.81. The van der Waals surface area contributed by atoms with E-state index in [4.69, 9.17) is 0 Å². The van der Waals surface area contributed by atoms with E-state index in [1.165, 1.54) is 12.1 Å². The van der Waals surface area contributed by atoms with Crippen molar-refractivity contribution in [3.8, 4) is 11.1 Å². The second kappa shape index (κ2) is 8.88. The molecule has 1 saturated heterocycles. The number of carbonyl (C=O) groups is 2. The molecule has 6 heteroatoms. The largest absolute Gasteiger partial charge is 0.348 e. The van der Waals surface area contributed by atoms with Crippen LogP contribution in [-0.2, 0) is 16.0 Å². The lowest BCUT2D eigenvalue weighted by Crippen LogP contribution is -2.55. The van der Waals surface area contributed by atoms with Crippen LogP contribution in [0, 0.1) is 11.7 Å². The Morgan fingerprint density at radius 2 is 1.73 bits per heavy atom. The summed E-state index contributed by atoms with van der Waals surface area (Å²) in [6, 6.07) is 13.9. The molecule has 1 heterocycles. The molecule has 0 aromatic heterocycles. The molecule has 0 radical (unpaired) electrons. The van der Waals surface area contributed by atoms with Gasteiger partial charge in [-0.2, -0.15) is 0 Å². The summed E-state index contributed by atoms with van der Waals surface area (Å²) in [5.74, 6) is -0.595. The highest BCUT2D eigenvalue weighted by molar-refractivity contribution is 5.86. The minimum atomic E-state index is -1.76. The second-order valence-electron chi connectivity index (χ2n) is 9.83. The predicted octanol–water partition coefficient (Wildman–Crippen LogP) is 4.81. The topological polar surface area (TPSA) is 49.4 Å². The van der Waals surface area contributed by atoms with Crippen LogP contribution in [0.25, 0.3) is 11.1 Å². The molecule has 2 aromatic carbocycles. The minimum Gasteiger partial charge on any atom is -0.348 e. The third-order valence-corrected chi connectivity index (χ3v) is 7.68. The summed E-state index contributed by atoms with van der Waals surface area (Å²) in [6.07, 6.45) is 5.39. The van der Waals surface area contributed by atoms with Gasteiger partial charge in [0.2, 0.25) is 5.91 Å². The maximum absolute atomic E-state index is 14.7. The van der Waals surface area contributed by atoms with Crippen LogP contribution in [0.5, 0.6) is 0 Å². The molecule has 174 valence electrons. The summed E-state index contributed by atoms with van der Waals surface area (Å²) in [5, 5.41) is 2.95. The van der Waals surface area contributed by atoms with Crippen LogP contribution in [0.1, 0.15) is 50.5 Å². The van der Waals surface area contributed by atoms with Gasteiger partial charge in [0, 0.05) is 12.5 Å². The van der Waals surface area contributed by atoms with Crippen LogP contribution in [0.4, 0.5) is 8.78 Å². The molecule has 5 rings (SSSR count). The Morgan fingerprint density at radius 1 is 1.00 bits per heavy atom. The zero-order valence-corrected chi connectivity index (χ0v) is 18.7. The van der Waals surface area contributed by atoms with Crippen molar-refractivity contribution in [2.45, 2.75) is 69.1 Å². The predicted molar refractivity (Wildman–Crippen MR) is 123 cm³/mol. The maximum Gasteiger partial charge on any atom is 0.257 e. The van der Waals surface area contributed by atoms with Crippen LogP contribution in [-0.4, -0.2) is 41.0 Å². The first kappa shape index (κ1) is 22.1. The average molecular weight is 453 g/mol. The Hall–Kier alpha value is -2.76. The fraction of sp³-hybridized carbons (Fsp3) is 0.481. The second-order valence-corrected chi connectivity index (χ2v) is 9.83. The molecule has 4 nitrogen and oxygen atoms in total. The zero-order chi connectivity index (χ0) is 23.0. The van der Waals surface area contributed by atoms with Gasteiger partial charge in [-0.3, -0.25) is 9.59 Å². The number of likely N-dealkylation sites (tertiary alicyclic amines) is 1. The van der Waals surface area contributed by atoms with Gasteiger partial charge in [-0.25, -0.2) is 8.78 Å². The smallest absolute Gasteiger partial charge is 0.257 e. The molecule has 2 aromatic rings. The van der Waals surface area contributed by atoms with Crippen molar-refractivity contribution in [3.05, 3.63) is 59.9 Å². The number of amides is 2. The maximum atomic E-state index is 14.7. The molecule has 2 amide bonds. The number of nitrogens with one attached hydrogen (secondary N) is 1. The minimum absolute atomic E-state index is 0.0692. The Bertz CT molecular complexity index is 1050. The Labute approximate surface area is 193 Å². The van der Waals surface area contributed by atoms with Crippen LogP contribution >= 0.6 is 0 Å². The number of rotatable bonds is 6. The fourth-order valence-electron chi connectivity index (χ4n) is 5.24. The Morgan fingerprint density at radius 3 is 2.36 bits per heavy atom. The average Bonchev–Trinajstić information content (AvgIpc) is 3.13. The molecule has 0 spiro atoms. The Balaban J connectivity index is 1.38. The van der Waals surface area contributed by atoms with Gasteiger partial charge in [-0.1, -0.05) is 42.8 Å². The van der Waals surface area contributed by atoms with E-state index in [9.17, 15) is 18.4 Å². The third-order valence-electron chi connectivity index (χ3n) is 7.68. The van der Waals surface area contributed by atoms with Crippen LogP contribution in [0.15, 0.2) is 48.5 Å². The van der Waals surface area contributed by atoms with Gasteiger partial charge in [0.1, 0.15) is 5.82 Å². The molecule has 0 unspecified atom stereocenters. The van der Waals surface area contributed by atoms with Gasteiger partial charge in [0.05, 0.1) is 12.1 Å². The summed E-state index contributed by atoms with van der Waals surface area (Å²) in [6.45, 7) is 0.577. The van der Waals surface area contributed by atoms with E-state index in [2.05, 4.69) is 5.32 Å². The van der Waals surface area contributed by atoms with E-state index < -0.39 is 11.6 Å². The van der Waals surface area contributed by atoms with Gasteiger partial charge >= 0.3 is 0 Å². The summed E-state index contributed by atoms with van der Waals surface area (Å²) < 4.78 is 28.4. The van der Waals surface area contributed by atoms with Crippen LogP contribution in [0.2, 0.25) is 0 Å². The van der Waals surface area contributed by atoms with Crippen molar-refractivity contribution in [2.24, 2.45) is 5.92 Å². The lowest BCUT2D eigenvalue weighted by molar-refractivity contribution is -0.142. The molecule has 2 saturated carbocycles. The van der Waals surface area contributed by atoms with Gasteiger partial charge in [0.25, 0.3) is 5.91 Å². The van der Waals surface area contributed by atoms with E-state index >= 15 is 0 Å². The van der Waals surface area contributed by atoms with Crippen molar-refractivity contribution < 1.29 is 18.4 Å². The zero-order valence-electron chi connectivity index (χ0n) is 18.7. The van der Waals surface area contributed by atoms with Crippen LogP contribution in [0.3, 0.4) is 0 Å². The van der Waals surface area contributed by atoms with Crippen molar-refractivity contribution in [3.63, 3.8) is 0 Å². The normalized spacial score (nSPS) is 24.1. The molecule has 1 aliphatic heterocycles. The fourth-order valence-corrected chi connectivity index (χ4v) is 5.24. The third kappa shape index (κ3) is 4.40. The van der Waals surface area contributed by atoms with Gasteiger partial charge in [-0.05, 0) is 73.8 Å². The van der Waals surface area contributed by atoms with Gasteiger partial charge in [0.15, 0.2) is 5.67 Å². The van der Waals surface area contributed by atoms with E-state index in [0.29, 0.717) is 19.4 Å². The number of benzene rings is 2. The molecule has 3 aliphatic rings. The number of carbonyl (C=O) groups excluding carboxylic acids is 2. The molecule has 0 bridgehead atoms. The van der Waals surface area contributed by atoms with E-state index in [0.717, 1.165) is 42.4 Å². The molecule has 2 atom stereocenters. The first-order valence-electron chi connectivity index (χ1n) is 12.1. The molecular formula is C27H30F2N2O2. The van der Waals surface area contributed by atoms with Gasteiger partial charge < -0.3 is 10.2 Å². The van der Waals surface area contributed by atoms with E-state index in [1.54, 1.807) is 6.07 Å². The summed E-state index contributed by atoms with van der Waals surface area (Å²) >= 11 is 0. The summed E-state index contributed by atoms with van der Waals surface area (Å²) in [7, 11) is 0. The van der Waals surface area contributed by atoms with Crippen LogP contribution < -0.4 is 5.32 Å². The van der Waals surface area contributed by atoms with Crippen molar-refractivity contribution in [2.75, 3.05) is 6.54 Å². The highest BCUT2D eigenvalue weighted by Gasteiger charge is 2.48. The first-order valence-corrected chi connectivity index (χ1v) is 12.1. The number of hydrogen-bond acceptors (Lipinski definition) is 2. The SMILES string of the molecule is O=C(C1CCC1)N1CC[C@H](NC(=O)C2(F)CCC2)[C@@H]1Cc1cccc(-c2cccc(F)c2)c1. The highest BCUT2D eigenvalue weighted by atomic mass is 19.1. The Kier molecular flexibility index (Phi) is 5.94. The number of halogens is 2. The van der Waals surface area contributed by atoms with Gasteiger partial charge in [-0.15, -0.1) is 0 Å². The van der Waals surface area contributed by atoms with Crippen molar-refractivity contribution >= 4 is 11.8 Å². The molecule has 1 N–H and O–H groups in total. The van der Waals surface area contributed by atoms with E-state index in [-0.39, 0.29) is 42.6 Å². The quantitative estimate of drug-likeness (QED) is 0.684. The number of alkyl halides is 1. The summed E-state index contributed by atoms with van der Waals surface area (Å²) in [5.41, 5.74) is 0.945. The number of hydrogen-bond donors (Lipinski definition) is 1. The monoisotopic (exact) mass is 452 g/mol. The molecule has 33 heavy (non-hydrogen) atoms. The molecule has 3 fully saturated rings. The first-order chi connectivity index (χ1) is 15.9.